The van der Waals surface area contributed by atoms with Gasteiger partial charge in [-0.05, 0) is 28.5 Å². The van der Waals surface area contributed by atoms with E-state index in [0.29, 0.717) is 0 Å². The van der Waals surface area contributed by atoms with Crippen molar-refractivity contribution in [2.75, 3.05) is 0 Å². The zero-order valence-electron chi connectivity index (χ0n) is 6.55. The molecule has 0 N–H and O–H groups in total. The van der Waals surface area contributed by atoms with Crippen molar-refractivity contribution in [3.8, 4) is 0 Å². The fourth-order valence-corrected chi connectivity index (χ4v) is 3.56. The Morgan fingerprint density at radius 1 is 1.46 bits per heavy atom. The average Bonchev–Trinajstić information content (AvgIpc) is 2.47. The van der Waals surface area contributed by atoms with E-state index >= 15 is 0 Å². The molecule has 1 heterocycles. The van der Waals surface area contributed by atoms with Crippen molar-refractivity contribution in [2.24, 2.45) is 0 Å². The van der Waals surface area contributed by atoms with Crippen LogP contribution in [0.2, 0.25) is 5.02 Å². The lowest BCUT2D eigenvalue weighted by molar-refractivity contribution is 1.49. The van der Waals surface area contributed by atoms with E-state index in [1.54, 1.807) is 11.3 Å². The Hall–Kier alpha value is 0.300. The highest BCUT2D eigenvalue weighted by Crippen LogP contribution is 2.35. The van der Waals surface area contributed by atoms with Gasteiger partial charge in [0.25, 0.3) is 0 Å². The molecule has 0 spiro atoms. The third-order valence-corrected chi connectivity index (χ3v) is 4.19. The molecule has 0 aliphatic carbocycles. The van der Waals surface area contributed by atoms with Gasteiger partial charge in [0.1, 0.15) is 0 Å². The first-order valence-corrected chi connectivity index (χ1v) is 6.49. The van der Waals surface area contributed by atoms with Crippen LogP contribution in [0.4, 0.5) is 0 Å². The van der Waals surface area contributed by atoms with Crippen LogP contribution < -0.4 is 0 Å². The molecule has 0 unspecified atom stereocenters. The molecule has 0 aliphatic heterocycles. The molecule has 2 rings (SSSR count). The Balaban J connectivity index is 2.82. The largest absolute Gasteiger partial charge is 0.143 e. The summed E-state index contributed by atoms with van der Waals surface area (Å²) >= 11 is 15.5. The third-order valence-electron chi connectivity index (χ3n) is 1.84. The molecule has 0 fully saturated rings. The van der Waals surface area contributed by atoms with Crippen LogP contribution in [0.1, 0.15) is 5.56 Å². The summed E-state index contributed by atoms with van der Waals surface area (Å²) in [6.07, 6.45) is 0. The molecule has 4 heteroatoms. The summed E-state index contributed by atoms with van der Waals surface area (Å²) < 4.78 is 1.15. The van der Waals surface area contributed by atoms with Crippen molar-refractivity contribution in [3.63, 3.8) is 0 Å². The minimum absolute atomic E-state index is 0.791. The lowest BCUT2D eigenvalue weighted by Crippen LogP contribution is -1.74. The van der Waals surface area contributed by atoms with Gasteiger partial charge in [0.05, 0.1) is 9.72 Å². The fourth-order valence-electron chi connectivity index (χ4n) is 1.23. The summed E-state index contributed by atoms with van der Waals surface area (Å²) in [6.45, 7) is 0. The summed E-state index contributed by atoms with van der Waals surface area (Å²) in [5.41, 5.74) is 1.28. The lowest BCUT2D eigenvalue weighted by atomic mass is 10.2. The van der Waals surface area contributed by atoms with Crippen LogP contribution in [0.3, 0.4) is 0 Å². The summed E-state index contributed by atoms with van der Waals surface area (Å²) in [4.78, 5) is 0.915. The van der Waals surface area contributed by atoms with Gasteiger partial charge in [0.2, 0.25) is 0 Å². The molecule has 0 saturated carbocycles. The second-order valence-corrected chi connectivity index (χ2v) is 5.06. The quantitative estimate of drug-likeness (QED) is 0.570. The minimum Gasteiger partial charge on any atom is -0.143 e. The molecular formula is C9H6BrClS2. The van der Waals surface area contributed by atoms with Crippen molar-refractivity contribution in [3.05, 3.63) is 28.1 Å². The molecule has 0 amide bonds. The van der Waals surface area contributed by atoms with Crippen molar-refractivity contribution in [2.45, 2.75) is 10.2 Å². The number of fused-ring (bicyclic) bond motifs is 1. The van der Waals surface area contributed by atoms with Gasteiger partial charge in [-0.25, -0.2) is 0 Å². The SMILES string of the molecule is Sc1cc(Cl)c2scc(CBr)c2c1. The zero-order chi connectivity index (χ0) is 9.42. The maximum absolute atomic E-state index is 6.08. The van der Waals surface area contributed by atoms with Gasteiger partial charge in [-0.1, -0.05) is 27.5 Å². The second-order valence-electron chi connectivity index (χ2n) is 2.70. The highest BCUT2D eigenvalue weighted by Gasteiger charge is 2.06. The molecule has 13 heavy (non-hydrogen) atoms. The van der Waals surface area contributed by atoms with E-state index < -0.39 is 0 Å². The van der Waals surface area contributed by atoms with Crippen LogP contribution in [0.5, 0.6) is 0 Å². The van der Waals surface area contributed by atoms with Gasteiger partial charge in [0, 0.05) is 10.2 Å². The summed E-state index contributed by atoms with van der Waals surface area (Å²) in [7, 11) is 0. The van der Waals surface area contributed by atoms with Gasteiger partial charge < -0.3 is 0 Å². The lowest BCUT2D eigenvalue weighted by Gasteiger charge is -1.97. The van der Waals surface area contributed by atoms with Crippen LogP contribution in [0.15, 0.2) is 22.4 Å². The summed E-state index contributed by atoms with van der Waals surface area (Å²) in [5, 5.41) is 4.98. The first-order chi connectivity index (χ1) is 6.22. The van der Waals surface area contributed by atoms with Crippen LogP contribution in [0, 0.1) is 0 Å². The Morgan fingerprint density at radius 2 is 2.23 bits per heavy atom. The van der Waals surface area contributed by atoms with Crippen LogP contribution in [-0.4, -0.2) is 0 Å². The highest BCUT2D eigenvalue weighted by molar-refractivity contribution is 9.08. The normalized spacial score (nSPS) is 11.0. The Labute approximate surface area is 99.4 Å². The maximum atomic E-state index is 6.08. The highest BCUT2D eigenvalue weighted by atomic mass is 79.9. The van der Waals surface area contributed by atoms with E-state index in [-0.39, 0.29) is 0 Å². The Kier molecular flexibility index (Phi) is 2.88. The number of benzene rings is 1. The number of rotatable bonds is 1. The second kappa shape index (κ2) is 3.81. The zero-order valence-corrected chi connectivity index (χ0v) is 10.6. The van der Waals surface area contributed by atoms with E-state index in [9.17, 15) is 0 Å². The first-order valence-electron chi connectivity index (χ1n) is 3.67. The number of thiol groups is 1. The van der Waals surface area contributed by atoms with Crippen molar-refractivity contribution in [1.29, 1.82) is 0 Å². The van der Waals surface area contributed by atoms with E-state index in [2.05, 4.69) is 40.0 Å². The smallest absolute Gasteiger partial charge is 0.0595 e. The van der Waals surface area contributed by atoms with Gasteiger partial charge >= 0.3 is 0 Å². The van der Waals surface area contributed by atoms with Crippen molar-refractivity contribution in [1.82, 2.24) is 0 Å². The molecule has 0 aliphatic rings. The average molecular weight is 294 g/mol. The molecule has 0 nitrogen and oxygen atoms in total. The molecule has 0 radical (unpaired) electrons. The Bertz CT molecular complexity index is 450. The van der Waals surface area contributed by atoms with E-state index in [1.807, 2.05) is 6.07 Å². The fraction of sp³-hybridized carbons (Fsp3) is 0.111. The monoisotopic (exact) mass is 292 g/mol. The molecule has 1 aromatic carbocycles. The minimum atomic E-state index is 0.791. The number of alkyl halides is 1. The summed E-state index contributed by atoms with van der Waals surface area (Å²) in [5.74, 6) is 0. The van der Waals surface area contributed by atoms with E-state index in [0.717, 1.165) is 19.9 Å². The number of hydrogen-bond acceptors (Lipinski definition) is 2. The molecule has 0 atom stereocenters. The van der Waals surface area contributed by atoms with Gasteiger partial charge in [-0.2, -0.15) is 0 Å². The van der Waals surface area contributed by atoms with E-state index in [1.165, 1.54) is 10.9 Å². The van der Waals surface area contributed by atoms with Crippen LogP contribution in [-0.2, 0) is 5.33 Å². The number of halogens is 2. The van der Waals surface area contributed by atoms with E-state index in [4.69, 9.17) is 11.6 Å². The predicted octanol–water partition coefficient (Wildman–Crippen LogP) is 4.74. The third kappa shape index (κ3) is 1.75. The molecular weight excluding hydrogens is 288 g/mol. The molecule has 1 aromatic heterocycles. The van der Waals surface area contributed by atoms with Gasteiger partial charge in [0.15, 0.2) is 0 Å². The maximum Gasteiger partial charge on any atom is 0.0595 e. The first kappa shape index (κ1) is 9.84. The molecule has 68 valence electrons. The number of hydrogen-bond donors (Lipinski definition) is 1. The van der Waals surface area contributed by atoms with Gasteiger partial charge in [-0.3, -0.25) is 0 Å². The predicted molar refractivity (Wildman–Crippen MR) is 66.7 cm³/mol. The molecule has 0 saturated heterocycles. The number of thiophene rings is 1. The van der Waals surface area contributed by atoms with Crippen molar-refractivity contribution < 1.29 is 0 Å². The topological polar surface area (TPSA) is 0 Å². The summed E-state index contributed by atoms with van der Waals surface area (Å²) in [6, 6.07) is 3.93. The molecule has 2 aromatic rings. The van der Waals surface area contributed by atoms with Gasteiger partial charge in [-0.15, -0.1) is 24.0 Å². The molecule has 0 bridgehead atoms. The Morgan fingerprint density at radius 3 is 2.92 bits per heavy atom. The van der Waals surface area contributed by atoms with Crippen molar-refractivity contribution >= 4 is 61.6 Å². The van der Waals surface area contributed by atoms with Crippen LogP contribution in [0.25, 0.3) is 10.1 Å². The standard InChI is InChI=1S/C9H6BrClS2/c10-3-5-4-13-9-7(5)1-6(12)2-8(9)11/h1-2,4,12H,3H2. The van der Waals surface area contributed by atoms with Crippen LogP contribution >= 0.6 is 51.5 Å².